The third-order valence-corrected chi connectivity index (χ3v) is 3.81. The van der Waals surface area contributed by atoms with Crippen LogP contribution in [0.1, 0.15) is 41.0 Å². The van der Waals surface area contributed by atoms with E-state index < -0.39 is 0 Å². The van der Waals surface area contributed by atoms with Crippen molar-refractivity contribution in [3.8, 4) is 0 Å². The highest BCUT2D eigenvalue weighted by Crippen LogP contribution is 2.21. The van der Waals surface area contributed by atoms with Gasteiger partial charge in [-0.25, -0.2) is 4.98 Å². The third kappa shape index (κ3) is 6.92. The van der Waals surface area contributed by atoms with Crippen LogP contribution in [-0.2, 0) is 4.79 Å². The van der Waals surface area contributed by atoms with Crippen LogP contribution in [0.4, 0.5) is 5.82 Å². The number of hydrogen-bond acceptors (Lipinski definition) is 4. The molecule has 0 bridgehead atoms. The van der Waals surface area contributed by atoms with Gasteiger partial charge in [-0.3, -0.25) is 4.79 Å². The zero-order valence-electron chi connectivity index (χ0n) is 13.7. The Bertz CT molecular complexity index is 517. The van der Waals surface area contributed by atoms with Crippen LogP contribution in [-0.4, -0.2) is 28.5 Å². The molecule has 5 nitrogen and oxygen atoms in total. The maximum absolute atomic E-state index is 12.1. The average Bonchev–Trinajstić information content (AvgIpc) is 2.35. The predicted molar refractivity (Wildman–Crippen MR) is 94.1 cm³/mol. The van der Waals surface area contributed by atoms with Gasteiger partial charge in [0.05, 0.1) is 4.47 Å². The van der Waals surface area contributed by atoms with E-state index in [0.29, 0.717) is 24.7 Å². The number of hydrogen-bond donors (Lipinski definition) is 2. The number of halogens is 2. The summed E-state index contributed by atoms with van der Waals surface area (Å²) in [7, 11) is 0. The van der Waals surface area contributed by atoms with Gasteiger partial charge < -0.3 is 10.6 Å². The third-order valence-electron chi connectivity index (χ3n) is 3.05. The molecule has 0 fully saturated rings. The van der Waals surface area contributed by atoms with Crippen LogP contribution in [0.5, 0.6) is 0 Å². The Balaban J connectivity index is 2.65. The van der Waals surface area contributed by atoms with E-state index in [0.717, 1.165) is 4.47 Å². The molecule has 0 aromatic carbocycles. The summed E-state index contributed by atoms with van der Waals surface area (Å²) in [6.07, 6.45) is 2.10. The molecule has 0 aliphatic rings. The minimum Gasteiger partial charge on any atom is -0.367 e. The Labute approximate surface area is 145 Å². The molecule has 0 saturated heterocycles. The smallest absolute Gasteiger partial charge is 0.224 e. The molecular formula is C15H24BrClN4O. The minimum absolute atomic E-state index is 0.00971. The molecule has 0 spiro atoms. The first-order chi connectivity index (χ1) is 10.1. The van der Waals surface area contributed by atoms with Crippen molar-refractivity contribution in [2.75, 3.05) is 11.9 Å². The number of amides is 1. The quantitative estimate of drug-likeness (QED) is 0.722. The molecule has 0 aliphatic carbocycles. The summed E-state index contributed by atoms with van der Waals surface area (Å²) in [5.41, 5.74) is -0.0255. The van der Waals surface area contributed by atoms with Crippen molar-refractivity contribution in [3.05, 3.63) is 16.0 Å². The lowest BCUT2D eigenvalue weighted by Crippen LogP contribution is -2.44. The molecule has 1 atom stereocenters. The molecule has 0 saturated carbocycles. The first-order valence-corrected chi connectivity index (χ1v) is 8.47. The first-order valence-electron chi connectivity index (χ1n) is 7.30. The SMILES string of the molecule is CC(C)C(CNc1nc(Cl)ncc1Br)NC(=O)CC(C)(C)C. The summed E-state index contributed by atoms with van der Waals surface area (Å²) in [5, 5.41) is 6.47. The number of rotatable bonds is 6. The fraction of sp³-hybridized carbons (Fsp3) is 0.667. The molecule has 7 heteroatoms. The van der Waals surface area contributed by atoms with Gasteiger partial charge in [-0.15, -0.1) is 0 Å². The summed E-state index contributed by atoms with van der Waals surface area (Å²) in [6, 6.07) is 0.00971. The molecule has 2 N–H and O–H groups in total. The zero-order valence-corrected chi connectivity index (χ0v) is 16.0. The molecule has 1 heterocycles. The summed E-state index contributed by atoms with van der Waals surface area (Å²) >= 11 is 9.17. The number of carbonyl (C=O) groups excluding carboxylic acids is 1. The maximum atomic E-state index is 12.1. The van der Waals surface area contributed by atoms with Crippen LogP contribution >= 0.6 is 27.5 Å². The van der Waals surface area contributed by atoms with E-state index >= 15 is 0 Å². The van der Waals surface area contributed by atoms with E-state index in [2.05, 4.69) is 71.2 Å². The molecule has 1 aromatic rings. The molecule has 1 aromatic heterocycles. The van der Waals surface area contributed by atoms with Crippen molar-refractivity contribution >= 4 is 39.3 Å². The van der Waals surface area contributed by atoms with Gasteiger partial charge in [0.1, 0.15) is 5.82 Å². The van der Waals surface area contributed by atoms with Crippen molar-refractivity contribution < 1.29 is 4.79 Å². The number of nitrogens with zero attached hydrogens (tertiary/aromatic N) is 2. The summed E-state index contributed by atoms with van der Waals surface area (Å²) < 4.78 is 0.737. The maximum Gasteiger partial charge on any atom is 0.224 e. The highest BCUT2D eigenvalue weighted by molar-refractivity contribution is 9.10. The van der Waals surface area contributed by atoms with Gasteiger partial charge in [-0.2, -0.15) is 4.98 Å². The van der Waals surface area contributed by atoms with E-state index in [1.165, 1.54) is 0 Å². The molecule has 1 amide bonds. The number of carbonyl (C=O) groups is 1. The largest absolute Gasteiger partial charge is 0.367 e. The number of nitrogens with one attached hydrogen (secondary N) is 2. The fourth-order valence-electron chi connectivity index (χ4n) is 1.87. The van der Waals surface area contributed by atoms with E-state index in [-0.39, 0.29) is 22.6 Å². The first kappa shape index (κ1) is 19.2. The lowest BCUT2D eigenvalue weighted by Gasteiger charge is -2.25. The van der Waals surface area contributed by atoms with Gasteiger partial charge in [0, 0.05) is 25.2 Å². The Hall–Kier alpha value is -0.880. The Morgan fingerprint density at radius 3 is 2.59 bits per heavy atom. The van der Waals surface area contributed by atoms with Gasteiger partial charge in [0.2, 0.25) is 11.2 Å². The average molecular weight is 392 g/mol. The van der Waals surface area contributed by atoms with Gasteiger partial charge in [0.25, 0.3) is 0 Å². The molecule has 124 valence electrons. The molecular weight excluding hydrogens is 368 g/mol. The lowest BCUT2D eigenvalue weighted by atomic mass is 9.91. The molecule has 1 unspecified atom stereocenters. The van der Waals surface area contributed by atoms with Gasteiger partial charge in [-0.05, 0) is 38.9 Å². The van der Waals surface area contributed by atoms with Gasteiger partial charge >= 0.3 is 0 Å². The van der Waals surface area contributed by atoms with Crippen molar-refractivity contribution in [2.45, 2.75) is 47.1 Å². The van der Waals surface area contributed by atoms with E-state index in [1.54, 1.807) is 6.20 Å². The molecule has 22 heavy (non-hydrogen) atoms. The Morgan fingerprint density at radius 2 is 2.05 bits per heavy atom. The van der Waals surface area contributed by atoms with Crippen LogP contribution < -0.4 is 10.6 Å². The number of aromatic nitrogens is 2. The van der Waals surface area contributed by atoms with Crippen LogP contribution in [0, 0.1) is 11.3 Å². The summed E-state index contributed by atoms with van der Waals surface area (Å²) in [5.74, 6) is 0.982. The monoisotopic (exact) mass is 390 g/mol. The normalized spacial score (nSPS) is 13.1. The molecule has 0 aliphatic heterocycles. The predicted octanol–water partition coefficient (Wildman–Crippen LogP) is 3.88. The molecule has 1 rings (SSSR count). The van der Waals surface area contributed by atoms with Crippen LogP contribution in [0.2, 0.25) is 5.28 Å². The van der Waals surface area contributed by atoms with Crippen LogP contribution in [0.25, 0.3) is 0 Å². The zero-order chi connectivity index (χ0) is 16.9. The van der Waals surface area contributed by atoms with Crippen LogP contribution in [0.15, 0.2) is 10.7 Å². The number of anilines is 1. The van der Waals surface area contributed by atoms with E-state index in [9.17, 15) is 4.79 Å². The van der Waals surface area contributed by atoms with Crippen molar-refractivity contribution in [3.63, 3.8) is 0 Å². The molecule has 0 radical (unpaired) electrons. The van der Waals surface area contributed by atoms with Crippen molar-refractivity contribution in [1.29, 1.82) is 0 Å². The summed E-state index contributed by atoms with van der Waals surface area (Å²) in [6.45, 7) is 10.9. The Kier molecular flexibility index (Phi) is 7.06. The Morgan fingerprint density at radius 1 is 1.41 bits per heavy atom. The second-order valence-corrected chi connectivity index (χ2v) is 8.06. The van der Waals surface area contributed by atoms with Gasteiger partial charge in [-0.1, -0.05) is 34.6 Å². The second-order valence-electron chi connectivity index (χ2n) is 6.87. The topological polar surface area (TPSA) is 66.9 Å². The van der Waals surface area contributed by atoms with Crippen molar-refractivity contribution in [2.24, 2.45) is 11.3 Å². The highest BCUT2D eigenvalue weighted by atomic mass is 79.9. The lowest BCUT2D eigenvalue weighted by molar-refractivity contribution is -0.123. The minimum atomic E-state index is -0.0255. The van der Waals surface area contributed by atoms with Crippen molar-refractivity contribution in [1.82, 2.24) is 15.3 Å². The van der Waals surface area contributed by atoms with Crippen LogP contribution in [0.3, 0.4) is 0 Å². The highest BCUT2D eigenvalue weighted by Gasteiger charge is 2.21. The second kappa shape index (κ2) is 8.11. The van der Waals surface area contributed by atoms with E-state index in [4.69, 9.17) is 11.6 Å². The fourth-order valence-corrected chi connectivity index (χ4v) is 2.33. The summed E-state index contributed by atoms with van der Waals surface area (Å²) in [4.78, 5) is 20.1. The van der Waals surface area contributed by atoms with Gasteiger partial charge in [0.15, 0.2) is 0 Å². The standard InChI is InChI=1S/C15H24BrClN4O/c1-9(2)11(20-12(22)6-15(3,4)5)8-18-13-10(16)7-19-14(17)21-13/h7,9,11H,6,8H2,1-5H3,(H,20,22)(H,18,19,21). The van der Waals surface area contributed by atoms with E-state index in [1.807, 2.05) is 0 Å².